The molecule has 1 unspecified atom stereocenters. The molecule has 1 aromatic heterocycles. The van der Waals surface area contributed by atoms with Crippen LogP contribution in [0.5, 0.6) is 0 Å². The molecule has 1 saturated carbocycles. The number of benzene rings is 2. The summed E-state index contributed by atoms with van der Waals surface area (Å²) in [6.45, 7) is 3.84. The summed E-state index contributed by atoms with van der Waals surface area (Å²) >= 11 is 0. The van der Waals surface area contributed by atoms with Gasteiger partial charge in [0.1, 0.15) is 11.9 Å². The summed E-state index contributed by atoms with van der Waals surface area (Å²) in [6.07, 6.45) is 2.86. The number of anilines is 1. The molecule has 1 heterocycles. The van der Waals surface area contributed by atoms with E-state index in [-0.39, 0.29) is 23.7 Å². The third-order valence-electron chi connectivity index (χ3n) is 5.40. The van der Waals surface area contributed by atoms with E-state index in [0.29, 0.717) is 0 Å². The minimum absolute atomic E-state index is 0.0868. The van der Waals surface area contributed by atoms with Gasteiger partial charge in [0.2, 0.25) is 11.8 Å². The van der Waals surface area contributed by atoms with E-state index in [4.69, 9.17) is 0 Å². The van der Waals surface area contributed by atoms with Crippen molar-refractivity contribution in [2.45, 2.75) is 45.1 Å². The van der Waals surface area contributed by atoms with E-state index in [1.54, 1.807) is 6.92 Å². The fraction of sp³-hybridized carbons (Fsp3) is 0.348. The first-order valence-corrected chi connectivity index (χ1v) is 10.2. The number of nitrogens with one attached hydrogen (secondary N) is 3. The highest BCUT2D eigenvalue weighted by atomic mass is 16.2. The Morgan fingerprint density at radius 2 is 1.93 bits per heavy atom. The van der Waals surface area contributed by atoms with Gasteiger partial charge in [-0.25, -0.2) is 4.98 Å². The zero-order valence-electron chi connectivity index (χ0n) is 16.7. The van der Waals surface area contributed by atoms with Crippen LogP contribution in [-0.4, -0.2) is 27.8 Å². The number of nitrogens with zero attached hydrogens (tertiary/aromatic N) is 1. The Labute approximate surface area is 170 Å². The van der Waals surface area contributed by atoms with Crippen LogP contribution in [0.25, 0.3) is 11.0 Å². The minimum atomic E-state index is -0.602. The lowest BCUT2D eigenvalue weighted by molar-refractivity contribution is -0.127. The lowest BCUT2D eigenvalue weighted by atomic mass is 10.1. The molecule has 2 aromatic carbocycles. The molecule has 1 aliphatic rings. The first-order valence-electron chi connectivity index (χ1n) is 10.2. The number of aromatic amines is 1. The summed E-state index contributed by atoms with van der Waals surface area (Å²) in [4.78, 5) is 32.9. The van der Waals surface area contributed by atoms with Crippen molar-refractivity contribution in [2.75, 3.05) is 5.32 Å². The number of amides is 2. The number of H-pyrrole nitrogens is 1. The molecule has 3 atom stereocenters. The van der Waals surface area contributed by atoms with Crippen LogP contribution in [0.4, 0.5) is 5.69 Å². The normalized spacial score (nSPS) is 19.0. The van der Waals surface area contributed by atoms with Crippen LogP contribution < -0.4 is 10.6 Å². The summed E-state index contributed by atoms with van der Waals surface area (Å²) in [5.41, 5.74) is 3.87. The highest BCUT2D eigenvalue weighted by Gasteiger charge is 2.46. The molecule has 3 aromatic rings. The van der Waals surface area contributed by atoms with E-state index in [0.717, 1.165) is 41.8 Å². The first-order chi connectivity index (χ1) is 14.0. The molecule has 29 heavy (non-hydrogen) atoms. The van der Waals surface area contributed by atoms with Crippen molar-refractivity contribution >= 4 is 28.5 Å². The Morgan fingerprint density at radius 3 is 2.66 bits per heavy atom. The van der Waals surface area contributed by atoms with Crippen LogP contribution >= 0.6 is 0 Å². The van der Waals surface area contributed by atoms with Crippen LogP contribution in [0.2, 0.25) is 0 Å². The van der Waals surface area contributed by atoms with E-state index < -0.39 is 6.04 Å². The first kappa shape index (κ1) is 19.2. The highest BCUT2D eigenvalue weighted by Crippen LogP contribution is 2.46. The van der Waals surface area contributed by atoms with Crippen LogP contribution in [-0.2, 0) is 16.0 Å². The quantitative estimate of drug-likeness (QED) is 0.574. The number of aryl methyl sites for hydroxylation is 1. The fourth-order valence-corrected chi connectivity index (χ4v) is 3.62. The summed E-state index contributed by atoms with van der Waals surface area (Å²) < 4.78 is 0. The van der Waals surface area contributed by atoms with Gasteiger partial charge < -0.3 is 15.6 Å². The second-order valence-electron chi connectivity index (χ2n) is 7.75. The number of hydrogen-bond donors (Lipinski definition) is 3. The smallest absolute Gasteiger partial charge is 0.246 e. The monoisotopic (exact) mass is 390 g/mol. The minimum Gasteiger partial charge on any atom is -0.344 e. The Morgan fingerprint density at radius 1 is 1.17 bits per heavy atom. The van der Waals surface area contributed by atoms with Crippen molar-refractivity contribution in [1.29, 1.82) is 0 Å². The third-order valence-corrected chi connectivity index (χ3v) is 5.40. The zero-order chi connectivity index (χ0) is 20.4. The molecule has 1 aliphatic carbocycles. The maximum Gasteiger partial charge on any atom is 0.246 e. The molecule has 0 saturated heterocycles. The van der Waals surface area contributed by atoms with Gasteiger partial charge in [0.05, 0.1) is 11.0 Å². The largest absolute Gasteiger partial charge is 0.344 e. The Kier molecular flexibility index (Phi) is 5.34. The van der Waals surface area contributed by atoms with Gasteiger partial charge in [-0.1, -0.05) is 37.6 Å². The van der Waals surface area contributed by atoms with Crippen LogP contribution in [0.15, 0.2) is 48.5 Å². The molecule has 150 valence electrons. The summed E-state index contributed by atoms with van der Waals surface area (Å²) in [7, 11) is 0. The molecule has 0 aliphatic heterocycles. The third kappa shape index (κ3) is 4.31. The number of imidazole rings is 1. The molecular formula is C23H26N4O2. The van der Waals surface area contributed by atoms with Crippen LogP contribution in [0, 0.1) is 5.92 Å². The highest BCUT2D eigenvalue weighted by molar-refractivity contribution is 5.97. The number of fused-ring (bicyclic) bond motifs is 1. The van der Waals surface area contributed by atoms with Gasteiger partial charge >= 0.3 is 0 Å². The second-order valence-corrected chi connectivity index (χ2v) is 7.75. The average molecular weight is 390 g/mol. The Balaban J connectivity index is 1.30. The van der Waals surface area contributed by atoms with E-state index in [9.17, 15) is 9.59 Å². The maximum absolute atomic E-state index is 12.6. The Hall–Kier alpha value is -3.15. The van der Waals surface area contributed by atoms with Crippen molar-refractivity contribution in [3.05, 3.63) is 59.9 Å². The topological polar surface area (TPSA) is 86.9 Å². The lowest BCUT2D eigenvalue weighted by Gasteiger charge is -2.14. The van der Waals surface area contributed by atoms with Crippen LogP contribution in [0.1, 0.15) is 44.0 Å². The van der Waals surface area contributed by atoms with Gasteiger partial charge in [-0.05, 0) is 49.6 Å². The van der Waals surface area contributed by atoms with Crippen molar-refractivity contribution < 1.29 is 9.59 Å². The SMILES string of the molecule is CCCc1ccc(NC(=O)C(C)NC(=O)[C@@H]2C[C@H]2c2nc3ccccc3[nH]2)cc1. The summed E-state index contributed by atoms with van der Waals surface area (Å²) in [5, 5.41) is 5.70. The van der Waals surface area contributed by atoms with Gasteiger partial charge in [-0.15, -0.1) is 0 Å². The van der Waals surface area contributed by atoms with E-state index in [1.807, 2.05) is 48.5 Å². The number of carbonyl (C=O) groups is 2. The number of rotatable bonds is 7. The van der Waals surface area contributed by atoms with Gasteiger partial charge in [0.25, 0.3) is 0 Å². The molecule has 0 bridgehead atoms. The van der Waals surface area contributed by atoms with E-state index in [2.05, 4.69) is 27.5 Å². The standard InChI is InChI=1S/C23H26N4O2/c1-3-6-15-9-11-16(12-10-15)25-22(28)14(2)24-23(29)18-13-17(18)21-26-19-7-4-5-8-20(19)27-21/h4-5,7-12,14,17-18H,3,6,13H2,1-2H3,(H,24,29)(H,25,28)(H,26,27)/t14?,17-,18-/m1/s1. The molecule has 2 amide bonds. The zero-order valence-corrected chi connectivity index (χ0v) is 16.7. The molecule has 3 N–H and O–H groups in total. The van der Waals surface area contributed by atoms with Crippen molar-refractivity contribution in [2.24, 2.45) is 5.92 Å². The molecule has 6 nitrogen and oxygen atoms in total. The predicted molar refractivity (Wildman–Crippen MR) is 114 cm³/mol. The lowest BCUT2D eigenvalue weighted by Crippen LogP contribution is -2.42. The van der Waals surface area contributed by atoms with Crippen molar-refractivity contribution in [3.63, 3.8) is 0 Å². The van der Waals surface area contributed by atoms with Gasteiger partial charge in [0, 0.05) is 17.5 Å². The second kappa shape index (κ2) is 8.07. The number of hydrogen-bond acceptors (Lipinski definition) is 3. The summed E-state index contributed by atoms with van der Waals surface area (Å²) in [6, 6.07) is 15.1. The van der Waals surface area contributed by atoms with Crippen molar-refractivity contribution in [3.8, 4) is 0 Å². The summed E-state index contributed by atoms with van der Waals surface area (Å²) in [5.74, 6) is 0.470. The maximum atomic E-state index is 12.6. The average Bonchev–Trinajstić information content (AvgIpc) is 3.41. The van der Waals surface area contributed by atoms with E-state index >= 15 is 0 Å². The number of carbonyl (C=O) groups excluding carboxylic acids is 2. The Bertz CT molecular complexity index is 992. The van der Waals surface area contributed by atoms with Gasteiger partial charge in [-0.2, -0.15) is 0 Å². The van der Waals surface area contributed by atoms with Gasteiger partial charge in [0.15, 0.2) is 0 Å². The fourth-order valence-electron chi connectivity index (χ4n) is 3.62. The molecule has 1 fully saturated rings. The molecule has 6 heteroatoms. The molecule has 0 radical (unpaired) electrons. The molecular weight excluding hydrogens is 364 g/mol. The number of aromatic nitrogens is 2. The molecule has 4 rings (SSSR count). The number of para-hydroxylation sites is 2. The molecule has 0 spiro atoms. The van der Waals surface area contributed by atoms with E-state index in [1.165, 1.54) is 5.56 Å². The van der Waals surface area contributed by atoms with Crippen molar-refractivity contribution in [1.82, 2.24) is 15.3 Å². The predicted octanol–water partition coefficient (Wildman–Crippen LogP) is 3.76. The van der Waals surface area contributed by atoms with Gasteiger partial charge in [-0.3, -0.25) is 9.59 Å². The van der Waals surface area contributed by atoms with Crippen LogP contribution in [0.3, 0.4) is 0 Å².